The molecule has 0 fully saturated rings. The Morgan fingerprint density at radius 2 is 1.88 bits per heavy atom. The van der Waals surface area contributed by atoms with Gasteiger partial charge >= 0.3 is 5.97 Å². The van der Waals surface area contributed by atoms with E-state index in [1.54, 1.807) is 24.3 Å². The summed E-state index contributed by atoms with van der Waals surface area (Å²) in [5.74, 6) is -0.956. The van der Waals surface area contributed by atoms with Crippen LogP contribution in [-0.2, 0) is 14.8 Å². The molecule has 26 heavy (non-hydrogen) atoms. The van der Waals surface area contributed by atoms with Gasteiger partial charge in [0.1, 0.15) is 4.90 Å². The number of carboxylic acids is 1. The smallest absolute Gasteiger partial charge is 0.328 e. The second kappa shape index (κ2) is 8.41. The monoisotopic (exact) mass is 489 g/mol. The second-order valence-electron chi connectivity index (χ2n) is 5.01. The van der Waals surface area contributed by atoms with Crippen LogP contribution in [0.5, 0.6) is 11.5 Å². The number of sulfonamides is 1. The average Bonchev–Trinajstić information content (AvgIpc) is 2.60. The van der Waals surface area contributed by atoms with E-state index >= 15 is 0 Å². The van der Waals surface area contributed by atoms with Crippen molar-refractivity contribution < 1.29 is 27.8 Å². The van der Waals surface area contributed by atoms with Crippen LogP contribution in [0.3, 0.4) is 0 Å². The molecule has 0 amide bonds. The van der Waals surface area contributed by atoms with Crippen LogP contribution in [0, 0.1) is 3.57 Å². The van der Waals surface area contributed by atoms with Crippen LogP contribution in [0.25, 0.3) is 6.08 Å². The van der Waals surface area contributed by atoms with Crippen molar-refractivity contribution in [1.82, 2.24) is 0 Å². The standard InChI is InChI=1S/C17H16INO6S/c1-24-14-9-11(7-8-16(20)21)10-15(17(14)25-2)26(22,23)19-13-6-4-3-5-12(13)18/h3-10,19H,1-2H3,(H,20,21)/b8-7+. The molecule has 0 aliphatic carbocycles. The number of benzene rings is 2. The maximum atomic E-state index is 12.9. The van der Waals surface area contributed by atoms with Gasteiger partial charge in [0.15, 0.2) is 11.5 Å². The number of hydrogen-bond donors (Lipinski definition) is 2. The maximum absolute atomic E-state index is 12.9. The van der Waals surface area contributed by atoms with Crippen molar-refractivity contribution >= 4 is 50.3 Å². The van der Waals surface area contributed by atoms with E-state index in [-0.39, 0.29) is 16.4 Å². The Labute approximate surface area is 164 Å². The van der Waals surface area contributed by atoms with Gasteiger partial charge in [0.25, 0.3) is 10.0 Å². The summed E-state index contributed by atoms with van der Waals surface area (Å²) in [6.07, 6.45) is 2.18. The van der Waals surface area contributed by atoms with Gasteiger partial charge in [-0.1, -0.05) is 12.1 Å². The van der Waals surface area contributed by atoms with E-state index in [4.69, 9.17) is 14.6 Å². The van der Waals surface area contributed by atoms with E-state index in [0.29, 0.717) is 11.3 Å². The molecular formula is C17H16INO6S. The first-order valence-corrected chi connectivity index (χ1v) is 9.79. The Kier molecular flexibility index (Phi) is 6.48. The molecule has 7 nitrogen and oxygen atoms in total. The highest BCUT2D eigenvalue weighted by atomic mass is 127. The van der Waals surface area contributed by atoms with E-state index < -0.39 is 16.0 Å². The summed E-state index contributed by atoms with van der Waals surface area (Å²) >= 11 is 2.02. The number of methoxy groups -OCH3 is 2. The first kappa shape index (κ1) is 20.0. The zero-order valence-corrected chi connectivity index (χ0v) is 16.9. The highest BCUT2D eigenvalue weighted by molar-refractivity contribution is 14.1. The molecule has 0 atom stereocenters. The SMILES string of the molecule is COc1cc(/C=C/C(=O)O)cc(S(=O)(=O)Nc2ccccc2I)c1OC. The summed E-state index contributed by atoms with van der Waals surface area (Å²) in [5, 5.41) is 8.78. The van der Waals surface area contributed by atoms with Gasteiger partial charge in [0.05, 0.1) is 19.9 Å². The first-order chi connectivity index (χ1) is 12.3. The number of carboxylic acid groups (broad SMARTS) is 1. The Hall–Kier alpha value is -2.27. The maximum Gasteiger partial charge on any atom is 0.328 e. The number of carbonyl (C=O) groups is 1. The lowest BCUT2D eigenvalue weighted by atomic mass is 10.2. The Balaban J connectivity index is 2.59. The van der Waals surface area contributed by atoms with Crippen LogP contribution in [0.2, 0.25) is 0 Å². The quantitative estimate of drug-likeness (QED) is 0.458. The van der Waals surface area contributed by atoms with Crippen molar-refractivity contribution in [1.29, 1.82) is 0 Å². The third-order valence-electron chi connectivity index (χ3n) is 3.29. The fourth-order valence-electron chi connectivity index (χ4n) is 2.16. The summed E-state index contributed by atoms with van der Waals surface area (Å²) in [7, 11) is -1.32. The van der Waals surface area contributed by atoms with Crippen molar-refractivity contribution in [2.24, 2.45) is 0 Å². The fourth-order valence-corrected chi connectivity index (χ4v) is 4.16. The highest BCUT2D eigenvalue weighted by Gasteiger charge is 2.24. The molecule has 0 bridgehead atoms. The van der Waals surface area contributed by atoms with E-state index in [1.807, 2.05) is 22.6 Å². The molecule has 138 valence electrons. The molecule has 0 spiro atoms. The fraction of sp³-hybridized carbons (Fsp3) is 0.118. The van der Waals surface area contributed by atoms with Gasteiger partial charge in [-0.2, -0.15) is 0 Å². The lowest BCUT2D eigenvalue weighted by molar-refractivity contribution is -0.131. The average molecular weight is 489 g/mol. The zero-order chi connectivity index (χ0) is 19.3. The summed E-state index contributed by atoms with van der Waals surface area (Å²) in [4.78, 5) is 10.6. The van der Waals surface area contributed by atoms with Crippen LogP contribution in [0.15, 0.2) is 47.4 Å². The highest BCUT2D eigenvalue weighted by Crippen LogP contribution is 2.37. The third-order valence-corrected chi connectivity index (χ3v) is 5.60. The number of anilines is 1. The first-order valence-electron chi connectivity index (χ1n) is 7.23. The van der Waals surface area contributed by atoms with Crippen molar-refractivity contribution in [2.45, 2.75) is 4.90 Å². The normalized spacial score (nSPS) is 11.3. The second-order valence-corrected chi connectivity index (χ2v) is 7.82. The van der Waals surface area contributed by atoms with Gasteiger partial charge in [0, 0.05) is 9.65 Å². The van der Waals surface area contributed by atoms with Crippen LogP contribution in [0.4, 0.5) is 5.69 Å². The minimum absolute atomic E-state index is 0.0263. The van der Waals surface area contributed by atoms with Crippen LogP contribution < -0.4 is 14.2 Å². The van der Waals surface area contributed by atoms with E-state index in [0.717, 1.165) is 9.65 Å². The summed E-state index contributed by atoms with van der Waals surface area (Å²) < 4.78 is 39.4. The topological polar surface area (TPSA) is 102 Å². The zero-order valence-electron chi connectivity index (χ0n) is 13.9. The molecule has 0 aliphatic heterocycles. The number of nitrogens with one attached hydrogen (secondary N) is 1. The molecule has 0 radical (unpaired) electrons. The van der Waals surface area contributed by atoms with E-state index in [2.05, 4.69) is 4.72 Å². The number of aliphatic carboxylic acids is 1. The number of para-hydroxylation sites is 1. The van der Waals surface area contributed by atoms with E-state index in [9.17, 15) is 13.2 Å². The van der Waals surface area contributed by atoms with Crippen LogP contribution in [0.1, 0.15) is 5.56 Å². The van der Waals surface area contributed by atoms with Gasteiger partial charge in [-0.3, -0.25) is 4.72 Å². The molecule has 2 aromatic carbocycles. The molecule has 0 aromatic heterocycles. The summed E-state index contributed by atoms with van der Waals surface area (Å²) in [6.45, 7) is 0. The van der Waals surface area contributed by atoms with Crippen molar-refractivity contribution in [3.63, 3.8) is 0 Å². The molecule has 9 heteroatoms. The molecule has 2 N–H and O–H groups in total. The van der Waals surface area contributed by atoms with Gasteiger partial charge in [-0.25, -0.2) is 13.2 Å². The molecular weight excluding hydrogens is 473 g/mol. The van der Waals surface area contributed by atoms with Crippen molar-refractivity contribution in [2.75, 3.05) is 18.9 Å². The Morgan fingerprint density at radius 1 is 1.19 bits per heavy atom. The summed E-state index contributed by atoms with van der Waals surface area (Å²) in [6, 6.07) is 9.71. The predicted molar refractivity (Wildman–Crippen MR) is 106 cm³/mol. The van der Waals surface area contributed by atoms with Crippen LogP contribution >= 0.6 is 22.6 Å². The molecule has 0 aliphatic rings. The Morgan fingerprint density at radius 3 is 2.46 bits per heavy atom. The van der Waals surface area contributed by atoms with Gasteiger partial charge in [0.2, 0.25) is 0 Å². The number of hydrogen-bond acceptors (Lipinski definition) is 5. The minimum atomic E-state index is -4.01. The molecule has 0 unspecified atom stereocenters. The van der Waals surface area contributed by atoms with E-state index in [1.165, 1.54) is 32.4 Å². The lowest BCUT2D eigenvalue weighted by Gasteiger charge is -2.16. The van der Waals surface area contributed by atoms with Crippen LogP contribution in [-0.4, -0.2) is 33.7 Å². The van der Waals surface area contributed by atoms with Gasteiger partial charge in [-0.05, 0) is 58.5 Å². The third kappa shape index (κ3) is 4.67. The molecule has 0 heterocycles. The predicted octanol–water partition coefficient (Wildman–Crippen LogP) is 3.21. The number of halogens is 1. The van der Waals surface area contributed by atoms with Gasteiger partial charge < -0.3 is 14.6 Å². The van der Waals surface area contributed by atoms with Crippen molar-refractivity contribution in [3.8, 4) is 11.5 Å². The number of ether oxygens (including phenoxy) is 2. The number of rotatable bonds is 7. The summed E-state index contributed by atoms with van der Waals surface area (Å²) in [5.41, 5.74) is 0.758. The minimum Gasteiger partial charge on any atom is -0.493 e. The molecule has 0 saturated carbocycles. The lowest BCUT2D eigenvalue weighted by Crippen LogP contribution is -2.15. The largest absolute Gasteiger partial charge is 0.493 e. The van der Waals surface area contributed by atoms with Crippen molar-refractivity contribution in [3.05, 3.63) is 51.6 Å². The van der Waals surface area contributed by atoms with Gasteiger partial charge in [-0.15, -0.1) is 0 Å². The molecule has 0 saturated heterocycles. The molecule has 2 aromatic rings. The molecule has 2 rings (SSSR count). The Bertz CT molecular complexity index is 956.